The zero-order valence-corrected chi connectivity index (χ0v) is 15.3. The summed E-state index contributed by atoms with van der Waals surface area (Å²) in [4.78, 5) is 0. The first-order chi connectivity index (χ1) is 12.2. The third-order valence-corrected chi connectivity index (χ3v) is 3.97. The van der Waals surface area contributed by atoms with E-state index >= 15 is 0 Å². The van der Waals surface area contributed by atoms with Gasteiger partial charge in [-0.15, -0.1) is 0 Å². The number of phenolic OH excluding ortho intramolecular Hbond substituents is 1. The second-order valence-electron chi connectivity index (χ2n) is 7.33. The summed E-state index contributed by atoms with van der Waals surface area (Å²) in [6.07, 6.45) is -5.55. The van der Waals surface area contributed by atoms with Gasteiger partial charge in [0.2, 0.25) is 0 Å². The summed E-state index contributed by atoms with van der Waals surface area (Å²) >= 11 is 0. The fourth-order valence-electron chi connectivity index (χ4n) is 2.62. The van der Waals surface area contributed by atoms with Crippen molar-refractivity contribution < 1.29 is 34.6 Å². The van der Waals surface area contributed by atoms with Crippen LogP contribution in [0.25, 0.3) is 0 Å². The normalized spacial score (nSPS) is 29.5. The molecule has 1 heterocycles. The smallest absolute Gasteiger partial charge is 0.186 e. The fourth-order valence-corrected chi connectivity index (χ4v) is 2.62. The molecule has 1 aromatic rings. The van der Waals surface area contributed by atoms with E-state index in [1.165, 1.54) is 24.3 Å². The molecule has 2 rings (SSSR count). The first kappa shape index (κ1) is 20.9. The van der Waals surface area contributed by atoms with E-state index in [4.69, 9.17) is 14.2 Å². The number of nitrogens with one attached hydrogen (secondary N) is 1. The van der Waals surface area contributed by atoms with Gasteiger partial charge in [0, 0.05) is 12.1 Å². The highest BCUT2D eigenvalue weighted by Crippen LogP contribution is 2.27. The van der Waals surface area contributed by atoms with Crippen molar-refractivity contribution in [1.82, 2.24) is 5.32 Å². The predicted octanol–water partition coefficient (Wildman–Crippen LogP) is -0.0167. The van der Waals surface area contributed by atoms with Crippen LogP contribution >= 0.6 is 0 Å². The summed E-state index contributed by atoms with van der Waals surface area (Å²) < 4.78 is 16.7. The van der Waals surface area contributed by atoms with Gasteiger partial charge in [0.05, 0.1) is 13.2 Å². The maximum atomic E-state index is 10.4. The average Bonchev–Trinajstić information content (AvgIpc) is 2.58. The number of hydrogen-bond acceptors (Lipinski definition) is 8. The topological polar surface area (TPSA) is 121 Å². The molecule has 0 bridgehead atoms. The number of phenols is 1. The van der Waals surface area contributed by atoms with Crippen molar-refractivity contribution in [2.24, 2.45) is 0 Å². The van der Waals surface area contributed by atoms with E-state index in [0.717, 1.165) is 0 Å². The van der Waals surface area contributed by atoms with Gasteiger partial charge < -0.3 is 40.0 Å². The van der Waals surface area contributed by atoms with Gasteiger partial charge in [0.25, 0.3) is 0 Å². The van der Waals surface area contributed by atoms with Crippen molar-refractivity contribution in [1.29, 1.82) is 0 Å². The molecular formula is C18H29NO7. The molecule has 0 spiro atoms. The average molecular weight is 371 g/mol. The Morgan fingerprint density at radius 1 is 1.12 bits per heavy atom. The van der Waals surface area contributed by atoms with Crippen LogP contribution in [0.15, 0.2) is 24.3 Å². The zero-order valence-electron chi connectivity index (χ0n) is 15.3. The number of aliphatic hydroxyl groups excluding tert-OH is 3. The van der Waals surface area contributed by atoms with Crippen molar-refractivity contribution in [3.8, 4) is 11.5 Å². The van der Waals surface area contributed by atoms with Gasteiger partial charge >= 0.3 is 0 Å². The standard InChI is InChI=1S/C18H29NO7/c1-18(2,3)19-8-9-24-17-15(23)14(22)16(13(10-20)26-17)25-12-6-4-11(21)5-7-12/h4-7,13-17,19-23H,8-10H2,1-3H3/t13?,14?,15-,16-,17-/m0/s1. The van der Waals surface area contributed by atoms with Crippen LogP contribution in [0, 0.1) is 0 Å². The maximum absolute atomic E-state index is 10.4. The predicted molar refractivity (Wildman–Crippen MR) is 94.0 cm³/mol. The summed E-state index contributed by atoms with van der Waals surface area (Å²) in [5, 5.41) is 42.8. The quantitative estimate of drug-likeness (QED) is 0.424. The molecule has 2 unspecified atom stereocenters. The highest BCUT2D eigenvalue weighted by molar-refractivity contribution is 5.30. The number of rotatable bonds is 7. The highest BCUT2D eigenvalue weighted by atomic mass is 16.7. The van der Waals surface area contributed by atoms with Crippen LogP contribution < -0.4 is 10.1 Å². The Hall–Kier alpha value is -1.42. The van der Waals surface area contributed by atoms with Crippen LogP contribution in [0.2, 0.25) is 0 Å². The molecule has 0 aromatic heterocycles. The minimum atomic E-state index is -1.32. The van der Waals surface area contributed by atoms with Crippen molar-refractivity contribution in [2.45, 2.75) is 57.0 Å². The van der Waals surface area contributed by atoms with E-state index in [-0.39, 0.29) is 17.9 Å². The van der Waals surface area contributed by atoms with E-state index in [0.29, 0.717) is 12.3 Å². The van der Waals surface area contributed by atoms with E-state index in [1.807, 2.05) is 20.8 Å². The van der Waals surface area contributed by atoms with E-state index in [1.54, 1.807) is 0 Å². The van der Waals surface area contributed by atoms with E-state index in [2.05, 4.69) is 5.32 Å². The van der Waals surface area contributed by atoms with Crippen LogP contribution in [0.3, 0.4) is 0 Å². The second-order valence-corrected chi connectivity index (χ2v) is 7.33. The number of aliphatic hydroxyl groups is 3. The number of ether oxygens (including phenoxy) is 3. The number of benzene rings is 1. The van der Waals surface area contributed by atoms with Gasteiger partial charge in [-0.2, -0.15) is 0 Å². The maximum Gasteiger partial charge on any atom is 0.186 e. The van der Waals surface area contributed by atoms with Crippen LogP contribution in [0.4, 0.5) is 0 Å². The number of aromatic hydroxyl groups is 1. The molecule has 5 N–H and O–H groups in total. The Labute approximate surface area is 153 Å². The monoisotopic (exact) mass is 371 g/mol. The molecule has 0 amide bonds. The van der Waals surface area contributed by atoms with E-state index < -0.39 is 37.3 Å². The molecule has 26 heavy (non-hydrogen) atoms. The van der Waals surface area contributed by atoms with E-state index in [9.17, 15) is 20.4 Å². The lowest BCUT2D eigenvalue weighted by Gasteiger charge is -2.41. The molecule has 1 fully saturated rings. The molecule has 1 aliphatic rings. The molecule has 0 aliphatic carbocycles. The Balaban J connectivity index is 1.94. The highest BCUT2D eigenvalue weighted by Gasteiger charge is 2.46. The zero-order chi connectivity index (χ0) is 19.3. The Morgan fingerprint density at radius 2 is 1.77 bits per heavy atom. The van der Waals surface area contributed by atoms with Gasteiger partial charge in [-0.25, -0.2) is 0 Å². The third-order valence-electron chi connectivity index (χ3n) is 3.97. The van der Waals surface area contributed by atoms with Crippen molar-refractivity contribution in [3.05, 3.63) is 24.3 Å². The van der Waals surface area contributed by atoms with Gasteiger partial charge in [0.15, 0.2) is 12.4 Å². The van der Waals surface area contributed by atoms with Crippen LogP contribution in [-0.4, -0.2) is 76.4 Å². The summed E-state index contributed by atoms with van der Waals surface area (Å²) in [7, 11) is 0. The lowest BCUT2D eigenvalue weighted by molar-refractivity contribution is -0.296. The molecule has 5 atom stereocenters. The Bertz CT molecular complexity index is 543. The Morgan fingerprint density at radius 3 is 2.35 bits per heavy atom. The summed E-state index contributed by atoms with van der Waals surface area (Å²) in [5.41, 5.74) is -0.0639. The first-order valence-corrected chi connectivity index (χ1v) is 8.66. The molecule has 1 aromatic carbocycles. The summed E-state index contributed by atoms with van der Waals surface area (Å²) in [6, 6.07) is 5.90. The second kappa shape index (κ2) is 8.98. The van der Waals surface area contributed by atoms with Gasteiger partial charge in [-0.1, -0.05) is 0 Å². The minimum Gasteiger partial charge on any atom is -0.508 e. The Kier molecular flexibility index (Phi) is 7.22. The van der Waals surface area contributed by atoms with Crippen molar-refractivity contribution >= 4 is 0 Å². The molecule has 8 heteroatoms. The molecule has 0 radical (unpaired) electrons. The van der Waals surface area contributed by atoms with Crippen molar-refractivity contribution in [2.75, 3.05) is 19.8 Å². The molecular weight excluding hydrogens is 342 g/mol. The van der Waals surface area contributed by atoms with Crippen LogP contribution in [0.1, 0.15) is 20.8 Å². The van der Waals surface area contributed by atoms with Gasteiger partial charge in [-0.3, -0.25) is 0 Å². The lowest BCUT2D eigenvalue weighted by Crippen LogP contribution is -2.61. The van der Waals surface area contributed by atoms with Gasteiger partial charge in [0.1, 0.15) is 29.8 Å². The third kappa shape index (κ3) is 5.80. The van der Waals surface area contributed by atoms with Crippen molar-refractivity contribution in [3.63, 3.8) is 0 Å². The molecule has 0 saturated carbocycles. The van der Waals surface area contributed by atoms with Crippen LogP contribution in [0.5, 0.6) is 11.5 Å². The first-order valence-electron chi connectivity index (χ1n) is 8.66. The fraction of sp³-hybridized carbons (Fsp3) is 0.667. The summed E-state index contributed by atoms with van der Waals surface area (Å²) in [6.45, 7) is 6.48. The minimum absolute atomic E-state index is 0.0639. The molecule has 1 saturated heterocycles. The molecule has 8 nitrogen and oxygen atoms in total. The largest absolute Gasteiger partial charge is 0.508 e. The lowest BCUT2D eigenvalue weighted by atomic mass is 9.99. The van der Waals surface area contributed by atoms with Gasteiger partial charge in [-0.05, 0) is 45.0 Å². The molecule has 1 aliphatic heterocycles. The van der Waals surface area contributed by atoms with Crippen LogP contribution in [-0.2, 0) is 9.47 Å². The molecule has 148 valence electrons. The number of hydrogen-bond donors (Lipinski definition) is 5. The summed E-state index contributed by atoms with van der Waals surface area (Å²) in [5.74, 6) is 0.448. The SMILES string of the molecule is CC(C)(C)NCCO[C@H]1OC(CO)[C@H](Oc2ccc(O)cc2)C(O)[C@@H]1O.